The van der Waals surface area contributed by atoms with Crippen LogP contribution in [-0.2, 0) is 11.8 Å². The summed E-state index contributed by atoms with van der Waals surface area (Å²) in [6.45, 7) is 10.9. The topological polar surface area (TPSA) is 85.1 Å². The fourth-order valence-electron chi connectivity index (χ4n) is 7.17. The predicted molar refractivity (Wildman–Crippen MR) is 198 cm³/mol. The normalized spacial score (nSPS) is 19.4. The van der Waals surface area contributed by atoms with E-state index in [2.05, 4.69) is 69.1 Å². The first kappa shape index (κ1) is 33.7. The van der Waals surface area contributed by atoms with E-state index in [0.29, 0.717) is 30.1 Å². The zero-order valence-corrected chi connectivity index (χ0v) is 30.7. The van der Waals surface area contributed by atoms with E-state index in [0.717, 1.165) is 79.4 Å². The van der Waals surface area contributed by atoms with Gasteiger partial charge < -0.3 is 23.8 Å². The highest BCUT2D eigenvalue weighted by atomic mass is 127. The van der Waals surface area contributed by atoms with Gasteiger partial charge in [0.25, 0.3) is 5.56 Å². The van der Waals surface area contributed by atoms with Crippen molar-refractivity contribution in [3.63, 3.8) is 0 Å². The second kappa shape index (κ2) is 14.5. The maximum absolute atomic E-state index is 12.9. The molecule has 10 nitrogen and oxygen atoms in total. The molecule has 2 aliphatic rings. The van der Waals surface area contributed by atoms with Crippen LogP contribution in [0.15, 0.2) is 59.8 Å². The number of nitrogens with zero attached hydrogens (tertiary/aromatic N) is 6. The Morgan fingerprint density at radius 3 is 2.40 bits per heavy atom. The summed E-state index contributed by atoms with van der Waals surface area (Å²) in [5.41, 5.74) is 3.75. The number of fused-ring (bicyclic) bond motifs is 1. The lowest BCUT2D eigenvalue weighted by Crippen LogP contribution is -2.58. The van der Waals surface area contributed by atoms with Gasteiger partial charge in [0.05, 0.1) is 7.11 Å². The van der Waals surface area contributed by atoms with E-state index in [9.17, 15) is 9.59 Å². The first-order valence-electron chi connectivity index (χ1n) is 16.2. The Morgan fingerprint density at radius 1 is 1.06 bits per heavy atom. The Kier molecular flexibility index (Phi) is 10.4. The molecule has 2 unspecified atom stereocenters. The number of anilines is 1. The number of piperazine rings is 1. The van der Waals surface area contributed by atoms with Crippen molar-refractivity contribution < 1.29 is 14.3 Å². The molecule has 47 heavy (non-hydrogen) atoms. The number of ether oxygens (including phenoxy) is 2. The minimum absolute atomic E-state index is 0.0344. The third-order valence-electron chi connectivity index (χ3n) is 9.76. The van der Waals surface area contributed by atoms with Crippen molar-refractivity contribution >= 4 is 53.0 Å². The smallest absolute Gasteiger partial charge is 0.275 e. The molecule has 2 atom stereocenters. The molecule has 1 aromatic carbocycles. The van der Waals surface area contributed by atoms with Gasteiger partial charge in [-0.2, -0.15) is 0 Å². The number of hydrogen-bond donors (Lipinski definition) is 0. The van der Waals surface area contributed by atoms with E-state index >= 15 is 0 Å². The number of carbonyl (C=O) groups is 1. The number of rotatable bonds is 9. The third-order valence-corrected chi connectivity index (χ3v) is 11.5. The van der Waals surface area contributed by atoms with E-state index in [1.807, 2.05) is 39.6 Å². The van der Waals surface area contributed by atoms with Crippen LogP contribution in [0.3, 0.4) is 0 Å². The van der Waals surface area contributed by atoms with Crippen LogP contribution in [-0.4, -0.2) is 87.8 Å². The van der Waals surface area contributed by atoms with Crippen LogP contribution in [0.2, 0.25) is 0 Å². The number of benzene rings is 1. The minimum Gasteiger partial charge on any atom is -0.496 e. The van der Waals surface area contributed by atoms with Crippen molar-refractivity contribution in [2.45, 2.75) is 51.6 Å². The number of piperidine rings is 1. The van der Waals surface area contributed by atoms with Crippen molar-refractivity contribution in [2.75, 3.05) is 51.3 Å². The number of amides is 1. The van der Waals surface area contributed by atoms with Crippen molar-refractivity contribution in [3.8, 4) is 22.6 Å². The molecule has 0 aliphatic carbocycles. The Bertz CT molecular complexity index is 1770. The molecule has 4 aromatic rings. The number of methoxy groups -OCH3 is 1. The Morgan fingerprint density at radius 2 is 1.77 bits per heavy atom. The lowest BCUT2D eigenvalue weighted by Gasteiger charge is -2.44. The van der Waals surface area contributed by atoms with Gasteiger partial charge in [0.15, 0.2) is 0 Å². The van der Waals surface area contributed by atoms with Gasteiger partial charge in [-0.3, -0.25) is 18.5 Å². The number of pyridine rings is 2. The van der Waals surface area contributed by atoms with Gasteiger partial charge in [-0.15, -0.1) is 0 Å². The molecule has 2 aliphatic heterocycles. The molecule has 2 saturated heterocycles. The number of aryl methyl sites for hydroxylation is 1. The van der Waals surface area contributed by atoms with Gasteiger partial charge in [0, 0.05) is 130 Å². The highest BCUT2D eigenvalue weighted by Crippen LogP contribution is 2.38. The molecular formula is C35H43IN6O4S. The van der Waals surface area contributed by atoms with Crippen LogP contribution in [0.4, 0.5) is 5.82 Å². The number of hydrogen-bond acceptors (Lipinski definition) is 8. The largest absolute Gasteiger partial charge is 0.496 e. The fourth-order valence-corrected chi connectivity index (χ4v) is 8.51. The Labute approximate surface area is 292 Å². The molecule has 3 aromatic heterocycles. The van der Waals surface area contributed by atoms with Crippen LogP contribution < -0.4 is 19.9 Å². The maximum Gasteiger partial charge on any atom is 0.275 e. The molecule has 250 valence electrons. The van der Waals surface area contributed by atoms with E-state index < -0.39 is 0 Å². The number of aromatic nitrogens is 3. The van der Waals surface area contributed by atoms with Crippen molar-refractivity contribution in [1.29, 1.82) is 0 Å². The summed E-state index contributed by atoms with van der Waals surface area (Å²) in [4.78, 5) is 36.3. The summed E-state index contributed by atoms with van der Waals surface area (Å²) in [6.07, 6.45) is 7.75. The maximum atomic E-state index is 12.9. The standard InChI is InChI=1S/C35H43IN6O4S/c1-23-20-40(25(3)43)21-24(2)41(23)16-17-46-28-8-6-26(7-9-28)27-10-13-39(14-11-27)33-18-32(45-5)30(19-37-33)31-22-38(4)35(44)34-29(31)12-15-42(34)47-36/h6-9,12,15,18-19,22-24,27H,10-11,13-14,16-17,20-21H2,1-5H3. The first-order valence-corrected chi connectivity index (χ1v) is 19.5. The summed E-state index contributed by atoms with van der Waals surface area (Å²) < 4.78 is 15.5. The lowest BCUT2D eigenvalue weighted by molar-refractivity contribution is -0.133. The average molecular weight is 771 g/mol. The summed E-state index contributed by atoms with van der Waals surface area (Å²) in [5.74, 6) is 3.18. The zero-order chi connectivity index (χ0) is 33.2. The van der Waals surface area contributed by atoms with Gasteiger partial charge in [-0.05, 0) is 56.4 Å². The van der Waals surface area contributed by atoms with E-state index in [1.165, 1.54) is 14.7 Å². The quantitative estimate of drug-likeness (QED) is 0.193. The van der Waals surface area contributed by atoms with Gasteiger partial charge >= 0.3 is 0 Å². The molecule has 0 saturated carbocycles. The van der Waals surface area contributed by atoms with Crippen LogP contribution in [0.25, 0.3) is 22.0 Å². The van der Waals surface area contributed by atoms with Crippen molar-refractivity contribution in [2.24, 2.45) is 7.05 Å². The summed E-state index contributed by atoms with van der Waals surface area (Å²) in [7, 11) is 4.94. The lowest BCUT2D eigenvalue weighted by atomic mass is 9.89. The SMILES string of the molecule is COc1cc(N2CCC(c3ccc(OCCN4C(C)CN(C(C)=O)CC4C)cc3)CC2)ncc1-c1cn(C)c(=O)c2c1ccn2SI. The zero-order valence-electron chi connectivity index (χ0n) is 27.7. The molecule has 0 spiro atoms. The Hall–Kier alpha value is -3.23. The monoisotopic (exact) mass is 770 g/mol. The molecule has 6 rings (SSSR count). The molecule has 0 bridgehead atoms. The highest BCUT2D eigenvalue weighted by Gasteiger charge is 2.30. The van der Waals surface area contributed by atoms with Crippen LogP contribution >= 0.6 is 30.3 Å². The molecule has 12 heteroatoms. The average Bonchev–Trinajstić information content (AvgIpc) is 3.52. The predicted octanol–water partition coefficient (Wildman–Crippen LogP) is 5.96. The van der Waals surface area contributed by atoms with Gasteiger partial charge in [0.2, 0.25) is 5.91 Å². The van der Waals surface area contributed by atoms with Crippen molar-refractivity contribution in [1.82, 2.24) is 23.3 Å². The van der Waals surface area contributed by atoms with Gasteiger partial charge in [-0.1, -0.05) is 12.1 Å². The number of halogens is 1. The second-order valence-corrected chi connectivity index (χ2v) is 14.4. The van der Waals surface area contributed by atoms with Crippen molar-refractivity contribution in [3.05, 3.63) is 70.9 Å². The van der Waals surface area contributed by atoms with Crippen LogP contribution in [0, 0.1) is 0 Å². The minimum atomic E-state index is -0.0344. The van der Waals surface area contributed by atoms with Gasteiger partial charge in [0.1, 0.15) is 29.4 Å². The summed E-state index contributed by atoms with van der Waals surface area (Å²) in [5, 5.41) is 0.885. The summed E-state index contributed by atoms with van der Waals surface area (Å²) in [6, 6.07) is 13.2. The van der Waals surface area contributed by atoms with Crippen LogP contribution in [0.1, 0.15) is 45.1 Å². The molecule has 0 N–H and O–H groups in total. The second-order valence-electron chi connectivity index (χ2n) is 12.7. The highest BCUT2D eigenvalue weighted by molar-refractivity contribution is 14.2. The van der Waals surface area contributed by atoms with E-state index in [-0.39, 0.29) is 11.5 Å². The van der Waals surface area contributed by atoms with E-state index in [1.54, 1.807) is 25.6 Å². The molecular weight excluding hydrogens is 727 g/mol. The number of carbonyl (C=O) groups excluding carboxylic acids is 1. The fraction of sp³-hybridized carbons (Fsp3) is 0.457. The molecule has 5 heterocycles. The summed E-state index contributed by atoms with van der Waals surface area (Å²) >= 11 is 2.19. The first-order chi connectivity index (χ1) is 22.7. The Balaban J connectivity index is 1.06. The molecule has 1 amide bonds. The third kappa shape index (κ3) is 7.00. The molecule has 0 radical (unpaired) electrons. The van der Waals surface area contributed by atoms with E-state index in [4.69, 9.17) is 14.5 Å². The molecule has 2 fully saturated rings. The van der Waals surface area contributed by atoms with Gasteiger partial charge in [-0.25, -0.2) is 4.98 Å². The van der Waals surface area contributed by atoms with Crippen LogP contribution in [0.5, 0.6) is 11.5 Å².